The van der Waals surface area contributed by atoms with E-state index in [1.54, 1.807) is 0 Å². The van der Waals surface area contributed by atoms with Crippen LogP contribution < -0.4 is 5.32 Å². The van der Waals surface area contributed by atoms with Gasteiger partial charge in [0, 0.05) is 35.6 Å². The van der Waals surface area contributed by atoms with Crippen molar-refractivity contribution in [2.75, 3.05) is 5.32 Å². The number of anilines is 1. The number of carbonyl (C=O) groups is 3. The van der Waals surface area contributed by atoms with Crippen LogP contribution in [0.4, 0.5) is 49.6 Å². The second-order valence-corrected chi connectivity index (χ2v) is 11.7. The van der Waals surface area contributed by atoms with Crippen LogP contribution in [0, 0.1) is 29.2 Å². The molecule has 0 saturated heterocycles. The molecule has 1 amide bonds. The van der Waals surface area contributed by atoms with Gasteiger partial charge in [-0.1, -0.05) is 23.7 Å². The van der Waals surface area contributed by atoms with E-state index in [2.05, 4.69) is 5.32 Å². The van der Waals surface area contributed by atoms with Gasteiger partial charge >= 0.3 is 12.4 Å². The highest BCUT2D eigenvalue weighted by atomic mass is 35.5. The van der Waals surface area contributed by atoms with Gasteiger partial charge < -0.3 is 5.32 Å². The minimum Gasteiger partial charge on any atom is -0.326 e. The lowest BCUT2D eigenvalue weighted by Crippen LogP contribution is -2.25. The molecule has 3 aromatic rings. The van der Waals surface area contributed by atoms with Crippen LogP contribution in [0.25, 0.3) is 0 Å². The molecule has 0 unspecified atom stereocenters. The van der Waals surface area contributed by atoms with Crippen LogP contribution in [0.15, 0.2) is 42.5 Å². The average Bonchev–Trinajstić information content (AvgIpc) is 3.50. The molecule has 0 aromatic heterocycles. The highest BCUT2D eigenvalue weighted by molar-refractivity contribution is 6.53. The van der Waals surface area contributed by atoms with Crippen LogP contribution in [0.2, 0.25) is 5.02 Å². The molecule has 0 aliphatic heterocycles. The van der Waals surface area contributed by atoms with Crippen molar-refractivity contribution in [2.45, 2.75) is 35.4 Å². The minimum atomic E-state index is -5.39. The number of ketones is 2. The third kappa shape index (κ3) is 7.07. The number of benzene rings is 3. The standard InChI is InChI=1S/C28H14Cl3F10NO3/c29-23-14(19(43)6-11-2-3-16(32)13(24(11)35)9-20(44)28(39,40)41)7-12(8-18(23)34)42-25(45)22-21(26(22,30)31)10-1-4-17(33)15(5-10)27(36,37)38/h1-5,7-8,21-22H,6,9H2,(H,42,45)/t21-,22+/m0/s1. The van der Waals surface area contributed by atoms with Gasteiger partial charge in [-0.15, -0.1) is 23.2 Å². The van der Waals surface area contributed by atoms with Gasteiger partial charge in [0.15, 0.2) is 5.78 Å². The van der Waals surface area contributed by atoms with E-state index in [0.29, 0.717) is 30.3 Å². The van der Waals surface area contributed by atoms with Gasteiger partial charge in [-0.3, -0.25) is 14.4 Å². The molecule has 240 valence electrons. The molecule has 3 aromatic carbocycles. The van der Waals surface area contributed by atoms with Crippen molar-refractivity contribution in [3.63, 3.8) is 0 Å². The Kier molecular flexibility index (Phi) is 9.28. The summed E-state index contributed by atoms with van der Waals surface area (Å²) in [6.07, 6.45) is -13.2. The first-order valence-corrected chi connectivity index (χ1v) is 13.4. The molecular weight excluding hydrogens is 695 g/mol. The summed E-state index contributed by atoms with van der Waals surface area (Å²) in [7, 11) is 0. The van der Waals surface area contributed by atoms with E-state index in [9.17, 15) is 58.3 Å². The molecule has 17 heteroatoms. The zero-order valence-electron chi connectivity index (χ0n) is 21.7. The van der Waals surface area contributed by atoms with Crippen molar-refractivity contribution >= 4 is 58.0 Å². The molecule has 1 aliphatic rings. The Hall–Kier alpha value is -3.36. The number of carbonyl (C=O) groups excluding carboxylic acids is 3. The Morgan fingerprint density at radius 3 is 2.04 bits per heavy atom. The van der Waals surface area contributed by atoms with E-state index < -0.39 is 115 Å². The molecule has 0 spiro atoms. The smallest absolute Gasteiger partial charge is 0.326 e. The van der Waals surface area contributed by atoms with Crippen LogP contribution in [-0.4, -0.2) is 28.0 Å². The highest BCUT2D eigenvalue weighted by Gasteiger charge is 2.67. The fourth-order valence-corrected chi connectivity index (χ4v) is 5.62. The molecule has 0 bridgehead atoms. The third-order valence-electron chi connectivity index (χ3n) is 6.86. The Morgan fingerprint density at radius 2 is 1.44 bits per heavy atom. The van der Waals surface area contributed by atoms with Crippen molar-refractivity contribution in [3.05, 3.63) is 98.6 Å². The summed E-state index contributed by atoms with van der Waals surface area (Å²) in [6.45, 7) is 0. The Labute approximate surface area is 261 Å². The summed E-state index contributed by atoms with van der Waals surface area (Å²) in [4.78, 5) is 37.2. The second-order valence-electron chi connectivity index (χ2n) is 9.87. The summed E-state index contributed by atoms with van der Waals surface area (Å²) in [6, 6.07) is 4.62. The Morgan fingerprint density at radius 1 is 0.822 bits per heavy atom. The van der Waals surface area contributed by atoms with Crippen LogP contribution >= 0.6 is 34.8 Å². The monoisotopic (exact) mass is 707 g/mol. The first kappa shape index (κ1) is 34.5. The summed E-state index contributed by atoms with van der Waals surface area (Å²) in [5, 5.41) is 1.37. The average molecular weight is 709 g/mol. The normalized spacial score (nSPS) is 17.6. The summed E-state index contributed by atoms with van der Waals surface area (Å²) >= 11 is 18.1. The van der Waals surface area contributed by atoms with Crippen LogP contribution in [0.5, 0.6) is 0 Å². The number of halogens is 13. The number of hydrogen-bond acceptors (Lipinski definition) is 3. The van der Waals surface area contributed by atoms with Gasteiger partial charge in [0.2, 0.25) is 11.7 Å². The van der Waals surface area contributed by atoms with Gasteiger partial charge in [-0.2, -0.15) is 26.3 Å². The van der Waals surface area contributed by atoms with Crippen molar-refractivity contribution in [2.24, 2.45) is 5.92 Å². The maximum Gasteiger partial charge on any atom is 0.450 e. The van der Waals surface area contributed by atoms with Crippen molar-refractivity contribution in [1.29, 1.82) is 0 Å². The maximum atomic E-state index is 14.9. The maximum absolute atomic E-state index is 14.9. The van der Waals surface area contributed by atoms with Crippen LogP contribution in [0.1, 0.15) is 38.5 Å². The zero-order chi connectivity index (χ0) is 33.8. The predicted molar refractivity (Wildman–Crippen MR) is 141 cm³/mol. The lowest BCUT2D eigenvalue weighted by molar-refractivity contribution is -0.170. The van der Waals surface area contributed by atoms with Gasteiger partial charge in [0.25, 0.3) is 0 Å². The van der Waals surface area contributed by atoms with Gasteiger partial charge in [-0.05, 0) is 41.5 Å². The molecule has 1 aliphatic carbocycles. The van der Waals surface area contributed by atoms with E-state index in [1.165, 1.54) is 0 Å². The summed E-state index contributed by atoms with van der Waals surface area (Å²) in [5.74, 6) is -13.3. The molecule has 2 atom stereocenters. The number of nitrogens with one attached hydrogen (secondary N) is 1. The van der Waals surface area contributed by atoms with E-state index in [4.69, 9.17) is 34.8 Å². The largest absolute Gasteiger partial charge is 0.450 e. The first-order valence-electron chi connectivity index (χ1n) is 12.3. The lowest BCUT2D eigenvalue weighted by atomic mass is 9.97. The van der Waals surface area contributed by atoms with Crippen molar-refractivity contribution in [1.82, 2.24) is 0 Å². The Bertz CT molecular complexity index is 1720. The van der Waals surface area contributed by atoms with Crippen LogP contribution in [0.3, 0.4) is 0 Å². The second kappa shape index (κ2) is 12.1. The fourth-order valence-electron chi connectivity index (χ4n) is 4.58. The lowest BCUT2D eigenvalue weighted by Gasteiger charge is -2.12. The van der Waals surface area contributed by atoms with Gasteiger partial charge in [0.05, 0.1) is 16.5 Å². The quantitative estimate of drug-likeness (QED) is 0.145. The zero-order valence-corrected chi connectivity index (χ0v) is 24.0. The van der Waals surface area contributed by atoms with Crippen molar-refractivity contribution in [3.8, 4) is 0 Å². The Balaban J connectivity index is 1.57. The summed E-state index contributed by atoms with van der Waals surface area (Å²) < 4.78 is 133. The molecule has 4 rings (SSSR count). The van der Waals surface area contributed by atoms with E-state index in [1.807, 2.05) is 0 Å². The van der Waals surface area contributed by atoms with E-state index in [-0.39, 0.29) is 5.56 Å². The number of amides is 1. The number of hydrogen-bond donors (Lipinski definition) is 1. The third-order valence-corrected chi connectivity index (χ3v) is 8.18. The number of alkyl halides is 8. The minimum absolute atomic E-state index is 0.232. The van der Waals surface area contributed by atoms with Gasteiger partial charge in [-0.25, -0.2) is 17.6 Å². The molecule has 45 heavy (non-hydrogen) atoms. The molecular formula is C28H14Cl3F10NO3. The molecule has 0 radical (unpaired) electrons. The fraction of sp³-hybridized carbons (Fsp3) is 0.250. The van der Waals surface area contributed by atoms with E-state index in [0.717, 1.165) is 12.1 Å². The molecule has 4 nitrogen and oxygen atoms in total. The first-order chi connectivity index (χ1) is 20.6. The molecule has 0 heterocycles. The van der Waals surface area contributed by atoms with Crippen molar-refractivity contribution < 1.29 is 58.3 Å². The van der Waals surface area contributed by atoms with Crippen LogP contribution in [-0.2, 0) is 28.6 Å². The molecule has 1 N–H and O–H groups in total. The summed E-state index contributed by atoms with van der Waals surface area (Å²) in [5.41, 5.74) is -4.88. The predicted octanol–water partition coefficient (Wildman–Crippen LogP) is 8.54. The SMILES string of the molecule is O=C(Cc1ccc(F)c(CC(=O)C(F)(F)F)c1F)c1cc(NC(=O)[C@H]2[C@H](c3ccc(F)c(C(F)(F)F)c3)C2(Cl)Cl)cc(F)c1Cl. The van der Waals surface area contributed by atoms with E-state index >= 15 is 0 Å². The number of Topliss-reactive ketones (excluding diaryl/α,β-unsaturated/α-hetero) is 2. The molecule has 1 saturated carbocycles. The number of rotatable bonds is 8. The van der Waals surface area contributed by atoms with Gasteiger partial charge in [0.1, 0.15) is 27.6 Å². The topological polar surface area (TPSA) is 63.2 Å². The highest BCUT2D eigenvalue weighted by Crippen LogP contribution is 2.65. The molecule has 1 fully saturated rings.